The van der Waals surface area contributed by atoms with Crippen LogP contribution < -0.4 is 0 Å². The molecule has 0 bridgehead atoms. The molecule has 0 amide bonds. The van der Waals surface area contributed by atoms with Crippen LogP contribution in [-0.2, 0) is 22.7 Å². The SMILES string of the molecule is C[Si](C)(C)CCOCn1nnnc1CC(C(=O)O)C1CCCC1. The molecular formula is C15H28N4O3Si. The molecule has 0 aromatic carbocycles. The lowest BCUT2D eigenvalue weighted by Gasteiger charge is -2.19. The van der Waals surface area contributed by atoms with Crippen molar-refractivity contribution in [3.8, 4) is 0 Å². The van der Waals surface area contributed by atoms with Crippen molar-refractivity contribution in [3.05, 3.63) is 5.82 Å². The van der Waals surface area contributed by atoms with Crippen LogP contribution in [-0.4, -0.2) is 46.0 Å². The van der Waals surface area contributed by atoms with Crippen molar-refractivity contribution in [1.82, 2.24) is 20.2 Å². The number of tetrazole rings is 1. The van der Waals surface area contributed by atoms with Crippen molar-refractivity contribution in [2.45, 2.75) is 64.5 Å². The molecule has 23 heavy (non-hydrogen) atoms. The number of nitrogens with zero attached hydrogens (tertiary/aromatic N) is 4. The first-order chi connectivity index (χ1) is 10.9. The molecule has 1 aliphatic rings. The molecule has 1 unspecified atom stereocenters. The van der Waals surface area contributed by atoms with Gasteiger partial charge in [-0.05, 0) is 35.2 Å². The third kappa shape index (κ3) is 5.69. The Morgan fingerprint density at radius 2 is 2.09 bits per heavy atom. The first-order valence-corrected chi connectivity index (χ1v) is 12.1. The normalized spacial score (nSPS) is 17.5. The van der Waals surface area contributed by atoms with Gasteiger partial charge in [0.05, 0.1) is 5.92 Å². The lowest BCUT2D eigenvalue weighted by atomic mass is 9.88. The molecule has 1 N–H and O–H groups in total. The summed E-state index contributed by atoms with van der Waals surface area (Å²) in [7, 11) is -1.12. The first-order valence-electron chi connectivity index (χ1n) is 8.42. The average molecular weight is 341 g/mol. The van der Waals surface area contributed by atoms with Gasteiger partial charge in [-0.3, -0.25) is 4.79 Å². The minimum Gasteiger partial charge on any atom is -0.481 e. The van der Waals surface area contributed by atoms with Crippen molar-refractivity contribution < 1.29 is 14.6 Å². The topological polar surface area (TPSA) is 90.1 Å². The molecular weight excluding hydrogens is 312 g/mol. The van der Waals surface area contributed by atoms with E-state index in [1.165, 1.54) is 0 Å². The zero-order valence-electron chi connectivity index (χ0n) is 14.4. The molecule has 1 atom stereocenters. The van der Waals surface area contributed by atoms with Gasteiger partial charge in [-0.2, -0.15) is 0 Å². The molecule has 1 fully saturated rings. The van der Waals surface area contributed by atoms with Crippen LogP contribution >= 0.6 is 0 Å². The Bertz CT molecular complexity index is 509. The van der Waals surface area contributed by atoms with E-state index in [2.05, 4.69) is 35.2 Å². The molecule has 1 saturated carbocycles. The fourth-order valence-electron chi connectivity index (χ4n) is 3.01. The Kier molecular flexibility index (Phi) is 6.29. The van der Waals surface area contributed by atoms with Crippen molar-refractivity contribution in [1.29, 1.82) is 0 Å². The van der Waals surface area contributed by atoms with Gasteiger partial charge in [0.1, 0.15) is 6.73 Å². The number of hydrogen-bond acceptors (Lipinski definition) is 5. The number of aliphatic carboxylic acids is 1. The second kappa shape index (κ2) is 8.01. The maximum Gasteiger partial charge on any atom is 0.307 e. The number of hydrogen-bond donors (Lipinski definition) is 1. The van der Waals surface area contributed by atoms with E-state index in [9.17, 15) is 9.90 Å². The molecule has 130 valence electrons. The monoisotopic (exact) mass is 340 g/mol. The summed E-state index contributed by atoms with van der Waals surface area (Å²) < 4.78 is 7.26. The lowest BCUT2D eigenvalue weighted by Crippen LogP contribution is -2.26. The van der Waals surface area contributed by atoms with E-state index in [1.807, 2.05) is 0 Å². The predicted molar refractivity (Wildman–Crippen MR) is 88.7 cm³/mol. The molecule has 1 aromatic heterocycles. The number of carboxylic acid groups (broad SMARTS) is 1. The van der Waals surface area contributed by atoms with Gasteiger partial charge < -0.3 is 9.84 Å². The molecule has 0 radical (unpaired) electrons. The Labute approximate surface area is 138 Å². The van der Waals surface area contributed by atoms with Crippen LogP contribution in [0.2, 0.25) is 25.7 Å². The zero-order valence-corrected chi connectivity index (χ0v) is 15.4. The van der Waals surface area contributed by atoms with Gasteiger partial charge in [0.2, 0.25) is 0 Å². The van der Waals surface area contributed by atoms with E-state index < -0.39 is 20.0 Å². The van der Waals surface area contributed by atoms with Crippen LogP contribution in [0.4, 0.5) is 0 Å². The minimum absolute atomic E-state index is 0.241. The summed E-state index contributed by atoms with van der Waals surface area (Å²) in [5.41, 5.74) is 0. The third-order valence-corrected chi connectivity index (χ3v) is 6.21. The van der Waals surface area contributed by atoms with Crippen LogP contribution in [0.5, 0.6) is 0 Å². The average Bonchev–Trinajstić information content (AvgIpc) is 3.11. The molecule has 0 aliphatic heterocycles. The van der Waals surface area contributed by atoms with E-state index in [4.69, 9.17) is 4.74 Å². The largest absolute Gasteiger partial charge is 0.481 e. The van der Waals surface area contributed by atoms with Crippen LogP contribution in [0.25, 0.3) is 0 Å². The zero-order chi connectivity index (χ0) is 16.9. The van der Waals surface area contributed by atoms with Gasteiger partial charge in [-0.15, -0.1) is 5.10 Å². The van der Waals surface area contributed by atoms with Gasteiger partial charge in [0.15, 0.2) is 5.82 Å². The van der Waals surface area contributed by atoms with Crippen LogP contribution in [0.1, 0.15) is 31.5 Å². The number of rotatable bonds is 9. The standard InChI is InChI=1S/C15H28N4O3Si/c1-23(2,3)9-8-22-11-19-14(16-17-18-19)10-13(15(20)21)12-6-4-5-7-12/h12-13H,4-11H2,1-3H3,(H,20,21). The number of aromatic nitrogens is 4. The highest BCUT2D eigenvalue weighted by atomic mass is 28.3. The van der Waals surface area contributed by atoms with Crippen molar-refractivity contribution in [3.63, 3.8) is 0 Å². The summed E-state index contributed by atoms with van der Waals surface area (Å²) in [5, 5.41) is 21.2. The number of carboxylic acids is 1. The van der Waals surface area contributed by atoms with E-state index in [0.717, 1.165) is 31.7 Å². The summed E-state index contributed by atoms with van der Waals surface area (Å²) in [4.78, 5) is 11.6. The van der Waals surface area contributed by atoms with Crippen molar-refractivity contribution in [2.75, 3.05) is 6.61 Å². The maximum atomic E-state index is 11.6. The molecule has 0 saturated heterocycles. The molecule has 1 heterocycles. The van der Waals surface area contributed by atoms with Gasteiger partial charge in [-0.1, -0.05) is 32.5 Å². The maximum absolute atomic E-state index is 11.6. The predicted octanol–water partition coefficient (Wildman–Crippen LogP) is 2.42. The lowest BCUT2D eigenvalue weighted by molar-refractivity contribution is -0.143. The summed E-state index contributed by atoms with van der Waals surface area (Å²) in [6.45, 7) is 7.90. The molecule has 8 heteroatoms. The summed E-state index contributed by atoms with van der Waals surface area (Å²) >= 11 is 0. The Hall–Kier alpha value is -1.28. The van der Waals surface area contributed by atoms with Crippen LogP contribution in [0.15, 0.2) is 0 Å². The summed E-state index contributed by atoms with van der Waals surface area (Å²) in [5.74, 6) is -0.293. The van der Waals surface area contributed by atoms with E-state index in [-0.39, 0.29) is 5.92 Å². The van der Waals surface area contributed by atoms with E-state index >= 15 is 0 Å². The molecule has 7 nitrogen and oxygen atoms in total. The van der Waals surface area contributed by atoms with Gasteiger partial charge in [-0.25, -0.2) is 4.68 Å². The smallest absolute Gasteiger partial charge is 0.307 e. The van der Waals surface area contributed by atoms with E-state index in [0.29, 0.717) is 25.6 Å². The number of carbonyl (C=O) groups is 1. The van der Waals surface area contributed by atoms with Crippen LogP contribution in [0, 0.1) is 11.8 Å². The molecule has 1 aromatic rings. The third-order valence-electron chi connectivity index (χ3n) is 4.50. The summed E-state index contributed by atoms with van der Waals surface area (Å²) in [6.07, 6.45) is 4.61. The van der Waals surface area contributed by atoms with Crippen molar-refractivity contribution in [2.24, 2.45) is 11.8 Å². The second-order valence-corrected chi connectivity index (χ2v) is 13.3. The number of ether oxygens (including phenoxy) is 1. The first kappa shape index (κ1) is 18.1. The van der Waals surface area contributed by atoms with Crippen molar-refractivity contribution >= 4 is 14.0 Å². The fraction of sp³-hybridized carbons (Fsp3) is 0.867. The van der Waals surface area contributed by atoms with Crippen LogP contribution in [0.3, 0.4) is 0 Å². The highest BCUT2D eigenvalue weighted by Crippen LogP contribution is 2.33. The Morgan fingerprint density at radius 3 is 2.70 bits per heavy atom. The quantitative estimate of drug-likeness (QED) is 0.548. The Balaban J connectivity index is 1.90. The molecule has 0 spiro atoms. The van der Waals surface area contributed by atoms with E-state index in [1.54, 1.807) is 4.68 Å². The highest BCUT2D eigenvalue weighted by molar-refractivity contribution is 6.76. The molecule has 2 rings (SSSR count). The molecule has 1 aliphatic carbocycles. The minimum atomic E-state index is -1.12. The Morgan fingerprint density at radius 1 is 1.39 bits per heavy atom. The fourth-order valence-corrected chi connectivity index (χ4v) is 3.77. The second-order valence-electron chi connectivity index (χ2n) is 7.64. The summed E-state index contributed by atoms with van der Waals surface area (Å²) in [6, 6.07) is 1.09. The van der Waals surface area contributed by atoms with Gasteiger partial charge in [0, 0.05) is 21.1 Å². The highest BCUT2D eigenvalue weighted by Gasteiger charge is 2.32. The van der Waals surface area contributed by atoms with Gasteiger partial charge in [0.25, 0.3) is 0 Å². The van der Waals surface area contributed by atoms with Gasteiger partial charge >= 0.3 is 5.97 Å².